The highest BCUT2D eigenvalue weighted by Crippen LogP contribution is 2.27. The maximum Gasteiger partial charge on any atom is 0.331 e. The van der Waals surface area contributed by atoms with Gasteiger partial charge in [-0.15, -0.1) is 0 Å². The molecule has 0 amide bonds. The number of pyridine rings is 1. The molecule has 1 aromatic heterocycles. The molecule has 1 atom stereocenters. The van der Waals surface area contributed by atoms with Crippen molar-refractivity contribution < 1.29 is 9.66 Å². The smallest absolute Gasteiger partial charge is 0.331 e. The maximum absolute atomic E-state index is 10.9. The molecule has 1 heterocycles. The van der Waals surface area contributed by atoms with Gasteiger partial charge in [0.2, 0.25) is 0 Å². The fourth-order valence-corrected chi connectivity index (χ4v) is 1.70. The number of nitrogens with zero attached hydrogens (tertiary/aromatic N) is 2. The Morgan fingerprint density at radius 2 is 2.11 bits per heavy atom. The zero-order valence-corrected chi connectivity index (χ0v) is 11.1. The normalized spacial score (nSPS) is 12.3. The summed E-state index contributed by atoms with van der Waals surface area (Å²) in [5.74, 6) is 1.08. The number of hydrogen-bond acceptors (Lipinski definition) is 5. The number of hydrogen-bond donors (Lipinski definition) is 1. The Balaban J connectivity index is 2.93. The van der Waals surface area contributed by atoms with Gasteiger partial charge < -0.3 is 10.1 Å². The van der Waals surface area contributed by atoms with E-state index in [9.17, 15) is 10.1 Å². The molecule has 0 aliphatic rings. The molecular weight excluding hydrogens is 234 g/mol. The maximum atomic E-state index is 10.9. The lowest BCUT2D eigenvalue weighted by atomic mass is 10.1. The van der Waals surface area contributed by atoms with E-state index < -0.39 is 4.92 Å². The van der Waals surface area contributed by atoms with Crippen LogP contribution in [0.25, 0.3) is 0 Å². The highest BCUT2D eigenvalue weighted by molar-refractivity contribution is 5.48. The van der Waals surface area contributed by atoms with E-state index in [2.05, 4.69) is 24.1 Å². The molecule has 0 fully saturated rings. The average Bonchev–Trinajstić information content (AvgIpc) is 2.27. The number of rotatable bonds is 6. The zero-order valence-electron chi connectivity index (χ0n) is 11.1. The Bertz CT molecular complexity index is 421. The van der Waals surface area contributed by atoms with Gasteiger partial charge in [-0.2, -0.15) is 4.98 Å². The van der Waals surface area contributed by atoms with Gasteiger partial charge in [-0.05, 0) is 25.3 Å². The minimum atomic E-state index is -0.482. The highest BCUT2D eigenvalue weighted by atomic mass is 16.6. The molecular formula is C12H19N3O3. The highest BCUT2D eigenvalue weighted by Gasteiger charge is 2.20. The van der Waals surface area contributed by atoms with E-state index in [-0.39, 0.29) is 17.7 Å². The van der Waals surface area contributed by atoms with Crippen molar-refractivity contribution >= 4 is 11.5 Å². The van der Waals surface area contributed by atoms with Crippen LogP contribution in [-0.4, -0.2) is 23.1 Å². The van der Waals surface area contributed by atoms with Gasteiger partial charge in [0, 0.05) is 13.1 Å². The van der Waals surface area contributed by atoms with Crippen molar-refractivity contribution in [3.8, 4) is 5.88 Å². The standard InChI is InChI=1S/C12H19N3O3/c1-8(2)7-9(3)18-12-10(15(16)17)5-6-11(13-4)14-12/h5-6,8-9H,7H2,1-4H3,(H,13,14). The average molecular weight is 253 g/mol. The predicted octanol–water partition coefficient (Wildman–Crippen LogP) is 2.84. The van der Waals surface area contributed by atoms with Crippen LogP contribution in [0.1, 0.15) is 27.2 Å². The van der Waals surface area contributed by atoms with Gasteiger partial charge in [-0.25, -0.2) is 0 Å². The molecule has 0 saturated heterocycles. The van der Waals surface area contributed by atoms with E-state index in [0.29, 0.717) is 11.7 Å². The number of nitrogens with one attached hydrogen (secondary N) is 1. The lowest BCUT2D eigenvalue weighted by molar-refractivity contribution is -0.386. The van der Waals surface area contributed by atoms with Gasteiger partial charge in [-0.3, -0.25) is 10.1 Å². The molecule has 0 aromatic carbocycles. The SMILES string of the molecule is CNc1ccc([N+](=O)[O-])c(OC(C)CC(C)C)n1. The fraction of sp³-hybridized carbons (Fsp3) is 0.583. The predicted molar refractivity (Wildman–Crippen MR) is 70.0 cm³/mol. The van der Waals surface area contributed by atoms with Crippen LogP contribution in [0.4, 0.5) is 11.5 Å². The van der Waals surface area contributed by atoms with Crippen molar-refractivity contribution in [3.63, 3.8) is 0 Å². The Morgan fingerprint density at radius 3 is 2.61 bits per heavy atom. The topological polar surface area (TPSA) is 77.3 Å². The molecule has 1 aromatic rings. The summed E-state index contributed by atoms with van der Waals surface area (Å²) >= 11 is 0. The molecule has 100 valence electrons. The molecule has 0 bridgehead atoms. The second-order valence-corrected chi connectivity index (χ2v) is 4.59. The van der Waals surface area contributed by atoms with Gasteiger partial charge in [0.25, 0.3) is 5.88 Å². The van der Waals surface area contributed by atoms with Crippen LogP contribution in [0, 0.1) is 16.0 Å². The summed E-state index contributed by atoms with van der Waals surface area (Å²) in [5, 5.41) is 13.7. The molecule has 6 heteroatoms. The first-order chi connectivity index (χ1) is 8.43. The summed E-state index contributed by atoms with van der Waals surface area (Å²) in [6.07, 6.45) is 0.714. The monoisotopic (exact) mass is 253 g/mol. The Morgan fingerprint density at radius 1 is 1.44 bits per heavy atom. The van der Waals surface area contributed by atoms with Crippen molar-refractivity contribution in [2.75, 3.05) is 12.4 Å². The van der Waals surface area contributed by atoms with E-state index in [1.165, 1.54) is 6.07 Å². The van der Waals surface area contributed by atoms with Gasteiger partial charge >= 0.3 is 5.69 Å². The molecule has 1 unspecified atom stereocenters. The zero-order chi connectivity index (χ0) is 13.7. The quantitative estimate of drug-likeness (QED) is 0.623. The third-order valence-corrected chi connectivity index (χ3v) is 2.41. The Kier molecular flexibility index (Phi) is 4.88. The summed E-state index contributed by atoms with van der Waals surface area (Å²) < 4.78 is 5.57. The summed E-state index contributed by atoms with van der Waals surface area (Å²) in [6, 6.07) is 2.95. The molecule has 18 heavy (non-hydrogen) atoms. The van der Waals surface area contributed by atoms with Crippen molar-refractivity contribution in [2.45, 2.75) is 33.3 Å². The number of nitro groups is 1. The summed E-state index contributed by atoms with van der Waals surface area (Å²) in [5.41, 5.74) is -0.107. The third kappa shape index (κ3) is 3.87. The van der Waals surface area contributed by atoms with Crippen molar-refractivity contribution in [2.24, 2.45) is 5.92 Å². The van der Waals surface area contributed by atoms with Crippen LogP contribution in [0.5, 0.6) is 5.88 Å². The van der Waals surface area contributed by atoms with Crippen LogP contribution in [0.2, 0.25) is 0 Å². The Labute approximate surface area is 107 Å². The molecule has 6 nitrogen and oxygen atoms in total. The molecule has 1 N–H and O–H groups in total. The first-order valence-corrected chi connectivity index (χ1v) is 5.94. The second-order valence-electron chi connectivity index (χ2n) is 4.59. The van der Waals surface area contributed by atoms with Crippen LogP contribution in [-0.2, 0) is 0 Å². The minimum Gasteiger partial charge on any atom is -0.470 e. The van der Waals surface area contributed by atoms with Gasteiger partial charge in [0.05, 0.1) is 11.0 Å². The fourth-order valence-electron chi connectivity index (χ4n) is 1.70. The van der Waals surface area contributed by atoms with Crippen molar-refractivity contribution in [1.82, 2.24) is 4.98 Å². The van der Waals surface area contributed by atoms with E-state index in [4.69, 9.17) is 4.74 Å². The second kappa shape index (κ2) is 6.18. The minimum absolute atomic E-state index is 0.0694. The largest absolute Gasteiger partial charge is 0.470 e. The molecule has 0 radical (unpaired) electrons. The van der Waals surface area contributed by atoms with E-state index in [1.54, 1.807) is 13.1 Å². The van der Waals surface area contributed by atoms with Crippen LogP contribution < -0.4 is 10.1 Å². The number of ether oxygens (including phenoxy) is 1. The van der Waals surface area contributed by atoms with Gasteiger partial charge in [-0.1, -0.05) is 13.8 Å². The first kappa shape index (κ1) is 14.2. The third-order valence-electron chi connectivity index (χ3n) is 2.41. The number of anilines is 1. The van der Waals surface area contributed by atoms with Crippen LogP contribution in [0.3, 0.4) is 0 Å². The Hall–Kier alpha value is -1.85. The first-order valence-electron chi connectivity index (χ1n) is 5.94. The molecule has 0 aliphatic carbocycles. The molecule has 0 spiro atoms. The lowest BCUT2D eigenvalue weighted by Crippen LogP contribution is -2.16. The summed E-state index contributed by atoms with van der Waals surface area (Å²) in [6.45, 7) is 6.04. The van der Waals surface area contributed by atoms with Crippen molar-refractivity contribution in [3.05, 3.63) is 22.2 Å². The molecule has 0 saturated carbocycles. The molecule has 0 aliphatic heterocycles. The van der Waals surface area contributed by atoms with E-state index in [0.717, 1.165) is 6.42 Å². The van der Waals surface area contributed by atoms with Crippen LogP contribution >= 0.6 is 0 Å². The lowest BCUT2D eigenvalue weighted by Gasteiger charge is -2.16. The summed E-state index contributed by atoms with van der Waals surface area (Å²) in [4.78, 5) is 14.5. The van der Waals surface area contributed by atoms with E-state index in [1.807, 2.05) is 6.92 Å². The summed E-state index contributed by atoms with van der Waals surface area (Å²) in [7, 11) is 1.70. The van der Waals surface area contributed by atoms with Gasteiger partial charge in [0.1, 0.15) is 5.82 Å². The molecule has 1 rings (SSSR count). The van der Waals surface area contributed by atoms with Gasteiger partial charge in [0.15, 0.2) is 0 Å². The van der Waals surface area contributed by atoms with E-state index >= 15 is 0 Å². The van der Waals surface area contributed by atoms with Crippen molar-refractivity contribution in [1.29, 1.82) is 0 Å². The number of aromatic nitrogens is 1. The van der Waals surface area contributed by atoms with Crippen LogP contribution in [0.15, 0.2) is 12.1 Å².